The van der Waals surface area contributed by atoms with Crippen LogP contribution in [0.4, 0.5) is 0 Å². The molecule has 0 atom stereocenters. The molecule has 92 valence electrons. The van der Waals surface area contributed by atoms with Crippen LogP contribution in [0.5, 0.6) is 0 Å². The van der Waals surface area contributed by atoms with Gasteiger partial charge in [-0.2, -0.15) is 0 Å². The van der Waals surface area contributed by atoms with Gasteiger partial charge in [0.2, 0.25) is 0 Å². The highest BCUT2D eigenvalue weighted by atomic mass is 14.7. The van der Waals surface area contributed by atoms with Gasteiger partial charge >= 0.3 is 0 Å². The first kappa shape index (κ1) is 11.6. The van der Waals surface area contributed by atoms with Gasteiger partial charge in [-0.3, -0.25) is 9.97 Å². The SMILES string of the molecule is c1ccc(Cc2ccc(-c3cccnc3)nc2)cc1. The van der Waals surface area contributed by atoms with Crippen LogP contribution in [-0.4, -0.2) is 9.97 Å². The fourth-order valence-corrected chi connectivity index (χ4v) is 2.05. The minimum absolute atomic E-state index is 0.918. The monoisotopic (exact) mass is 246 g/mol. The van der Waals surface area contributed by atoms with Gasteiger partial charge in [-0.25, -0.2) is 0 Å². The first-order valence-electron chi connectivity index (χ1n) is 6.31. The van der Waals surface area contributed by atoms with Crippen molar-refractivity contribution in [3.05, 3.63) is 84.3 Å². The van der Waals surface area contributed by atoms with Gasteiger partial charge in [0, 0.05) is 24.2 Å². The highest BCUT2D eigenvalue weighted by molar-refractivity contribution is 5.57. The molecule has 0 spiro atoms. The maximum Gasteiger partial charge on any atom is 0.0717 e. The Hall–Kier alpha value is -2.48. The highest BCUT2D eigenvalue weighted by Gasteiger charge is 2.00. The molecule has 1 aromatic carbocycles. The fraction of sp³-hybridized carbons (Fsp3) is 0.0588. The second-order valence-electron chi connectivity index (χ2n) is 4.46. The summed E-state index contributed by atoms with van der Waals surface area (Å²) in [5.41, 5.74) is 4.54. The normalized spacial score (nSPS) is 10.3. The van der Waals surface area contributed by atoms with E-state index in [0.29, 0.717) is 0 Å². The van der Waals surface area contributed by atoms with E-state index in [1.54, 1.807) is 6.20 Å². The lowest BCUT2D eigenvalue weighted by atomic mass is 10.1. The van der Waals surface area contributed by atoms with Crippen LogP contribution in [0.1, 0.15) is 11.1 Å². The number of pyridine rings is 2. The Kier molecular flexibility index (Phi) is 3.32. The van der Waals surface area contributed by atoms with Crippen LogP contribution in [0.15, 0.2) is 73.2 Å². The molecule has 0 fully saturated rings. The first-order valence-corrected chi connectivity index (χ1v) is 6.31. The van der Waals surface area contributed by atoms with E-state index in [0.717, 1.165) is 17.7 Å². The number of hydrogen-bond donors (Lipinski definition) is 0. The van der Waals surface area contributed by atoms with Crippen LogP contribution >= 0.6 is 0 Å². The lowest BCUT2D eigenvalue weighted by molar-refractivity contribution is 1.15. The Bertz CT molecular complexity index is 631. The maximum atomic E-state index is 4.51. The number of hydrogen-bond acceptors (Lipinski definition) is 2. The largest absolute Gasteiger partial charge is 0.264 e. The van der Waals surface area contributed by atoms with Crippen LogP contribution in [0.25, 0.3) is 11.3 Å². The molecule has 0 saturated heterocycles. The summed E-state index contributed by atoms with van der Waals surface area (Å²) in [6, 6.07) is 18.6. The summed E-state index contributed by atoms with van der Waals surface area (Å²) in [6.45, 7) is 0. The van der Waals surface area contributed by atoms with Crippen LogP contribution in [0.2, 0.25) is 0 Å². The van der Waals surface area contributed by atoms with Crippen LogP contribution in [0, 0.1) is 0 Å². The molecule has 2 heterocycles. The zero-order valence-electron chi connectivity index (χ0n) is 10.5. The molecule has 0 bridgehead atoms. The van der Waals surface area contributed by atoms with Crippen molar-refractivity contribution >= 4 is 0 Å². The van der Waals surface area contributed by atoms with Gasteiger partial charge in [0.1, 0.15) is 0 Å². The van der Waals surface area contributed by atoms with Crippen molar-refractivity contribution in [2.75, 3.05) is 0 Å². The van der Waals surface area contributed by atoms with E-state index in [1.807, 2.05) is 30.6 Å². The molecule has 2 heteroatoms. The molecule has 0 aliphatic carbocycles. The Morgan fingerprint density at radius 1 is 0.737 bits per heavy atom. The van der Waals surface area contributed by atoms with E-state index in [9.17, 15) is 0 Å². The van der Waals surface area contributed by atoms with Gasteiger partial charge < -0.3 is 0 Å². The zero-order valence-corrected chi connectivity index (χ0v) is 10.5. The molecule has 0 N–H and O–H groups in total. The van der Waals surface area contributed by atoms with Gasteiger partial charge in [0.05, 0.1) is 5.69 Å². The molecule has 3 rings (SSSR count). The second-order valence-corrected chi connectivity index (χ2v) is 4.46. The molecular formula is C17H14N2. The number of nitrogens with zero attached hydrogens (tertiary/aromatic N) is 2. The summed E-state index contributed by atoms with van der Waals surface area (Å²) >= 11 is 0. The van der Waals surface area contributed by atoms with Crippen molar-refractivity contribution in [2.45, 2.75) is 6.42 Å². The Morgan fingerprint density at radius 2 is 1.63 bits per heavy atom. The summed E-state index contributed by atoms with van der Waals surface area (Å²) < 4.78 is 0. The average Bonchev–Trinajstić information content (AvgIpc) is 2.50. The predicted octanol–water partition coefficient (Wildman–Crippen LogP) is 3.73. The predicted molar refractivity (Wildman–Crippen MR) is 76.7 cm³/mol. The molecule has 2 aromatic heterocycles. The molecule has 0 aliphatic heterocycles. The minimum atomic E-state index is 0.918. The van der Waals surface area contributed by atoms with Gasteiger partial charge in [0.15, 0.2) is 0 Å². The Labute approximate surface area is 112 Å². The maximum absolute atomic E-state index is 4.51. The van der Waals surface area contributed by atoms with Crippen molar-refractivity contribution in [1.82, 2.24) is 9.97 Å². The summed E-state index contributed by atoms with van der Waals surface area (Å²) in [7, 11) is 0. The third-order valence-electron chi connectivity index (χ3n) is 3.03. The van der Waals surface area contributed by atoms with Crippen molar-refractivity contribution in [1.29, 1.82) is 0 Å². The summed E-state index contributed by atoms with van der Waals surface area (Å²) in [5, 5.41) is 0. The number of benzene rings is 1. The molecule has 0 unspecified atom stereocenters. The topological polar surface area (TPSA) is 25.8 Å². The Balaban J connectivity index is 1.80. The van der Waals surface area contributed by atoms with Crippen molar-refractivity contribution < 1.29 is 0 Å². The van der Waals surface area contributed by atoms with E-state index in [4.69, 9.17) is 0 Å². The van der Waals surface area contributed by atoms with Crippen molar-refractivity contribution in [2.24, 2.45) is 0 Å². The number of rotatable bonds is 3. The van der Waals surface area contributed by atoms with Crippen LogP contribution in [-0.2, 0) is 6.42 Å². The van der Waals surface area contributed by atoms with Crippen LogP contribution in [0.3, 0.4) is 0 Å². The molecule has 0 amide bonds. The molecule has 0 saturated carbocycles. The van der Waals surface area contributed by atoms with Crippen molar-refractivity contribution in [3.63, 3.8) is 0 Å². The summed E-state index contributed by atoms with van der Waals surface area (Å²) in [6.07, 6.45) is 6.46. The van der Waals surface area contributed by atoms with Crippen molar-refractivity contribution in [3.8, 4) is 11.3 Å². The standard InChI is InChI=1S/C17H14N2/c1-2-5-14(6-3-1)11-15-8-9-17(19-12-15)16-7-4-10-18-13-16/h1-10,12-13H,11H2. The molecule has 3 aromatic rings. The quantitative estimate of drug-likeness (QED) is 0.703. The minimum Gasteiger partial charge on any atom is -0.264 e. The second kappa shape index (κ2) is 5.44. The zero-order chi connectivity index (χ0) is 12.9. The third-order valence-corrected chi connectivity index (χ3v) is 3.03. The third kappa shape index (κ3) is 2.86. The average molecular weight is 246 g/mol. The lowest BCUT2D eigenvalue weighted by Gasteiger charge is -2.03. The molecule has 19 heavy (non-hydrogen) atoms. The smallest absolute Gasteiger partial charge is 0.0717 e. The molecular weight excluding hydrogens is 232 g/mol. The lowest BCUT2D eigenvalue weighted by Crippen LogP contribution is -1.90. The van der Waals surface area contributed by atoms with Gasteiger partial charge in [0.25, 0.3) is 0 Å². The van der Waals surface area contributed by atoms with Gasteiger partial charge in [-0.1, -0.05) is 36.4 Å². The summed E-state index contributed by atoms with van der Waals surface area (Å²) in [4.78, 5) is 8.62. The van der Waals surface area contributed by atoms with E-state index in [-0.39, 0.29) is 0 Å². The molecule has 2 nitrogen and oxygen atoms in total. The molecule has 0 aliphatic rings. The van der Waals surface area contributed by atoms with E-state index in [1.165, 1.54) is 11.1 Å². The van der Waals surface area contributed by atoms with Gasteiger partial charge in [-0.05, 0) is 35.7 Å². The summed E-state index contributed by atoms with van der Waals surface area (Å²) in [5.74, 6) is 0. The highest BCUT2D eigenvalue weighted by Crippen LogP contribution is 2.16. The Morgan fingerprint density at radius 3 is 2.32 bits per heavy atom. The first-order chi connectivity index (χ1) is 9.42. The van der Waals surface area contributed by atoms with E-state index in [2.05, 4.69) is 46.4 Å². The van der Waals surface area contributed by atoms with E-state index >= 15 is 0 Å². The van der Waals surface area contributed by atoms with Crippen LogP contribution < -0.4 is 0 Å². The fourth-order valence-electron chi connectivity index (χ4n) is 2.05. The molecule has 0 radical (unpaired) electrons. The number of aromatic nitrogens is 2. The van der Waals surface area contributed by atoms with E-state index < -0.39 is 0 Å². The van der Waals surface area contributed by atoms with Gasteiger partial charge in [-0.15, -0.1) is 0 Å².